The highest BCUT2D eigenvalue weighted by Crippen LogP contribution is 2.30. The van der Waals surface area contributed by atoms with Crippen LogP contribution in [0.25, 0.3) is 11.4 Å². The number of halogens is 3. The third-order valence-corrected chi connectivity index (χ3v) is 6.35. The Labute approximate surface area is 195 Å². The molecule has 0 aliphatic carbocycles. The molecular formula is C25H25F3N4O2. The molecule has 3 aromatic rings. The normalized spacial score (nSPS) is 17.0. The Morgan fingerprint density at radius 3 is 2.35 bits per heavy atom. The Hall–Kier alpha value is -3.17. The number of hydrogen-bond donors (Lipinski definition) is 1. The van der Waals surface area contributed by atoms with E-state index in [9.17, 15) is 18.0 Å². The molecule has 1 N–H and O–H groups in total. The van der Waals surface area contributed by atoms with Gasteiger partial charge in [0, 0.05) is 50.4 Å². The molecule has 3 heterocycles. The number of ether oxygens (including phenoxy) is 1. The Morgan fingerprint density at radius 1 is 0.971 bits per heavy atom. The average Bonchev–Trinajstić information content (AvgIpc) is 2.85. The van der Waals surface area contributed by atoms with Gasteiger partial charge in [0.05, 0.1) is 30.0 Å². The Bertz CT molecular complexity index is 1200. The molecule has 178 valence electrons. The summed E-state index contributed by atoms with van der Waals surface area (Å²) in [6, 6.07) is 13.2. The van der Waals surface area contributed by atoms with Crippen molar-refractivity contribution in [2.75, 3.05) is 37.7 Å². The Morgan fingerprint density at radius 2 is 1.68 bits per heavy atom. The Balaban J connectivity index is 1.27. The molecule has 0 spiro atoms. The van der Waals surface area contributed by atoms with E-state index in [0.717, 1.165) is 51.5 Å². The van der Waals surface area contributed by atoms with E-state index in [1.54, 1.807) is 0 Å². The summed E-state index contributed by atoms with van der Waals surface area (Å²) in [5.41, 5.74) is 3.16. The second-order valence-electron chi connectivity index (χ2n) is 8.64. The van der Waals surface area contributed by atoms with Crippen molar-refractivity contribution < 1.29 is 17.9 Å². The zero-order chi connectivity index (χ0) is 23.7. The molecule has 1 saturated heterocycles. The van der Waals surface area contributed by atoms with Crippen LogP contribution in [-0.2, 0) is 30.4 Å². The number of anilines is 1. The highest BCUT2D eigenvalue weighted by Gasteiger charge is 2.30. The number of nitrogens with zero attached hydrogens (tertiary/aromatic N) is 3. The van der Waals surface area contributed by atoms with Gasteiger partial charge >= 0.3 is 6.18 Å². The largest absolute Gasteiger partial charge is 0.416 e. The summed E-state index contributed by atoms with van der Waals surface area (Å²) in [5, 5.41) is 0. The van der Waals surface area contributed by atoms with Gasteiger partial charge in [0.15, 0.2) is 0 Å². The maximum Gasteiger partial charge on any atom is 0.416 e. The molecule has 0 amide bonds. The van der Waals surface area contributed by atoms with Gasteiger partial charge in [-0.2, -0.15) is 13.2 Å². The molecule has 5 rings (SSSR count). The number of hydrogen-bond acceptors (Lipinski definition) is 5. The van der Waals surface area contributed by atoms with Crippen molar-refractivity contribution in [1.82, 2.24) is 14.9 Å². The van der Waals surface area contributed by atoms with Gasteiger partial charge < -0.3 is 14.6 Å². The van der Waals surface area contributed by atoms with Gasteiger partial charge in [-0.25, -0.2) is 4.98 Å². The van der Waals surface area contributed by atoms with E-state index in [-0.39, 0.29) is 5.56 Å². The molecule has 0 radical (unpaired) electrons. The van der Waals surface area contributed by atoms with Crippen LogP contribution in [0.4, 0.5) is 18.9 Å². The zero-order valence-corrected chi connectivity index (χ0v) is 18.6. The molecule has 1 fully saturated rings. The summed E-state index contributed by atoms with van der Waals surface area (Å²) in [5.74, 6) is 0.296. The van der Waals surface area contributed by atoms with E-state index in [1.807, 2.05) is 0 Å². The number of aromatic amines is 1. The lowest BCUT2D eigenvalue weighted by Crippen LogP contribution is -2.36. The van der Waals surface area contributed by atoms with Crippen LogP contribution in [-0.4, -0.2) is 47.7 Å². The third-order valence-electron chi connectivity index (χ3n) is 6.35. The molecule has 2 aromatic carbocycles. The van der Waals surface area contributed by atoms with Crippen LogP contribution in [0.3, 0.4) is 0 Å². The number of alkyl halides is 3. The van der Waals surface area contributed by atoms with Crippen molar-refractivity contribution in [2.45, 2.75) is 25.7 Å². The van der Waals surface area contributed by atoms with Crippen molar-refractivity contribution in [3.63, 3.8) is 0 Å². The van der Waals surface area contributed by atoms with E-state index in [1.165, 1.54) is 23.4 Å². The topological polar surface area (TPSA) is 61.5 Å². The van der Waals surface area contributed by atoms with Gasteiger partial charge in [0.2, 0.25) is 0 Å². The average molecular weight is 470 g/mol. The summed E-state index contributed by atoms with van der Waals surface area (Å²) in [4.78, 5) is 24.6. The first kappa shape index (κ1) is 22.6. The van der Waals surface area contributed by atoms with Gasteiger partial charge in [-0.05, 0) is 29.8 Å². The molecular weight excluding hydrogens is 445 g/mol. The van der Waals surface area contributed by atoms with Crippen LogP contribution < -0.4 is 10.5 Å². The van der Waals surface area contributed by atoms with Crippen LogP contribution in [0, 0.1) is 0 Å². The van der Waals surface area contributed by atoms with Crippen molar-refractivity contribution in [3.05, 3.63) is 81.3 Å². The number of morpholine rings is 1. The molecule has 2 aliphatic rings. The van der Waals surface area contributed by atoms with Crippen LogP contribution >= 0.6 is 0 Å². The van der Waals surface area contributed by atoms with E-state index in [0.29, 0.717) is 35.6 Å². The fraction of sp³-hybridized carbons (Fsp3) is 0.360. The summed E-state index contributed by atoms with van der Waals surface area (Å²) in [6.45, 7) is 5.25. The second kappa shape index (κ2) is 9.23. The van der Waals surface area contributed by atoms with E-state index in [4.69, 9.17) is 4.74 Å². The second-order valence-corrected chi connectivity index (χ2v) is 8.64. The standard InChI is InChI=1S/C25H25F3N4O2/c26-25(27,28)19-5-3-18(4-6-19)23-29-22-9-10-31(16-21(22)24(33)30-23)15-17-1-7-20(8-2-17)32-11-13-34-14-12-32/h1-8H,9-16H2,(H,29,30,33). The third kappa shape index (κ3) is 4.85. The first-order chi connectivity index (χ1) is 16.4. The lowest BCUT2D eigenvalue weighted by atomic mass is 10.0. The molecule has 9 heteroatoms. The molecule has 2 aliphatic heterocycles. The molecule has 0 saturated carbocycles. The lowest BCUT2D eigenvalue weighted by molar-refractivity contribution is -0.137. The lowest BCUT2D eigenvalue weighted by Gasteiger charge is -2.30. The van der Waals surface area contributed by atoms with Crippen LogP contribution in [0.15, 0.2) is 53.3 Å². The maximum atomic E-state index is 12.8. The number of H-pyrrole nitrogens is 1. The molecule has 0 atom stereocenters. The summed E-state index contributed by atoms with van der Waals surface area (Å²) in [7, 11) is 0. The number of aromatic nitrogens is 2. The van der Waals surface area contributed by atoms with Gasteiger partial charge in [0.25, 0.3) is 5.56 Å². The van der Waals surface area contributed by atoms with Gasteiger partial charge in [-0.1, -0.05) is 24.3 Å². The van der Waals surface area contributed by atoms with Crippen molar-refractivity contribution in [1.29, 1.82) is 0 Å². The first-order valence-electron chi connectivity index (χ1n) is 11.3. The van der Waals surface area contributed by atoms with Gasteiger partial charge in [0.1, 0.15) is 5.82 Å². The fourth-order valence-electron chi connectivity index (χ4n) is 4.46. The summed E-state index contributed by atoms with van der Waals surface area (Å²) in [6.07, 6.45) is -3.79. The van der Waals surface area contributed by atoms with Crippen LogP contribution in [0.2, 0.25) is 0 Å². The number of nitrogens with one attached hydrogen (secondary N) is 1. The molecule has 0 unspecified atom stereocenters. The van der Waals surface area contributed by atoms with Crippen molar-refractivity contribution in [3.8, 4) is 11.4 Å². The van der Waals surface area contributed by atoms with Crippen molar-refractivity contribution >= 4 is 5.69 Å². The smallest absolute Gasteiger partial charge is 0.378 e. The van der Waals surface area contributed by atoms with Crippen molar-refractivity contribution in [2.24, 2.45) is 0 Å². The number of fused-ring (bicyclic) bond motifs is 1. The monoisotopic (exact) mass is 470 g/mol. The summed E-state index contributed by atoms with van der Waals surface area (Å²) >= 11 is 0. The van der Waals surface area contributed by atoms with E-state index >= 15 is 0 Å². The maximum absolute atomic E-state index is 12.8. The van der Waals surface area contributed by atoms with Gasteiger partial charge in [-0.15, -0.1) is 0 Å². The predicted molar refractivity (Wildman–Crippen MR) is 123 cm³/mol. The minimum atomic E-state index is -4.40. The quantitative estimate of drug-likeness (QED) is 0.628. The molecule has 1 aromatic heterocycles. The molecule has 6 nitrogen and oxygen atoms in total. The minimum Gasteiger partial charge on any atom is -0.378 e. The zero-order valence-electron chi connectivity index (χ0n) is 18.6. The van der Waals surface area contributed by atoms with Crippen LogP contribution in [0.5, 0.6) is 0 Å². The highest BCUT2D eigenvalue weighted by molar-refractivity contribution is 5.56. The van der Waals surface area contributed by atoms with Gasteiger partial charge in [-0.3, -0.25) is 9.69 Å². The molecule has 34 heavy (non-hydrogen) atoms. The van der Waals surface area contributed by atoms with E-state index < -0.39 is 11.7 Å². The predicted octanol–water partition coefficient (Wildman–Crippen LogP) is 3.85. The highest BCUT2D eigenvalue weighted by atomic mass is 19.4. The Kier molecular flexibility index (Phi) is 6.14. The fourth-order valence-corrected chi connectivity index (χ4v) is 4.46. The first-order valence-corrected chi connectivity index (χ1v) is 11.3. The summed E-state index contributed by atoms with van der Waals surface area (Å²) < 4.78 is 43.9. The number of rotatable bonds is 4. The van der Waals surface area contributed by atoms with E-state index in [2.05, 4.69) is 44.0 Å². The number of benzene rings is 2. The SMILES string of the molecule is O=c1[nH]c(-c2ccc(C(F)(F)F)cc2)nc2c1CN(Cc1ccc(N3CCOCC3)cc1)CC2. The molecule has 0 bridgehead atoms. The minimum absolute atomic E-state index is 0.243. The van der Waals surface area contributed by atoms with Crippen LogP contribution in [0.1, 0.15) is 22.4 Å².